The van der Waals surface area contributed by atoms with Gasteiger partial charge in [-0.15, -0.1) is 0 Å². The lowest BCUT2D eigenvalue weighted by atomic mass is 9.85. The second-order valence-corrected chi connectivity index (χ2v) is 3.70. The summed E-state index contributed by atoms with van der Waals surface area (Å²) in [6.45, 7) is 4.13. The number of aliphatic hydroxyl groups is 1. The van der Waals surface area contributed by atoms with Crippen LogP contribution in [-0.4, -0.2) is 11.4 Å². The molecule has 0 saturated carbocycles. The molecular weight excluding hydrogens is 152 g/mol. The fourth-order valence-corrected chi connectivity index (χ4v) is 2.15. The van der Waals surface area contributed by atoms with Gasteiger partial charge in [-0.25, -0.2) is 0 Å². The van der Waals surface area contributed by atoms with Crippen molar-refractivity contribution < 1.29 is 9.84 Å². The Kier molecular flexibility index (Phi) is 1.72. The Morgan fingerprint density at radius 3 is 2.83 bits per heavy atom. The molecule has 0 aromatic carbocycles. The van der Waals surface area contributed by atoms with E-state index in [2.05, 4.69) is 19.9 Å². The average Bonchev–Trinajstić information content (AvgIpc) is 2.42. The summed E-state index contributed by atoms with van der Waals surface area (Å²) in [6, 6.07) is 0. The van der Waals surface area contributed by atoms with Gasteiger partial charge in [0, 0.05) is 5.92 Å². The molecule has 1 aliphatic carbocycles. The Labute approximate surface area is 72.5 Å². The van der Waals surface area contributed by atoms with E-state index in [1.54, 1.807) is 6.26 Å². The zero-order valence-corrected chi connectivity index (χ0v) is 7.45. The van der Waals surface area contributed by atoms with Gasteiger partial charge in [0.1, 0.15) is 0 Å². The molecule has 2 heteroatoms. The topological polar surface area (TPSA) is 29.5 Å². The number of ether oxygens (including phenoxy) is 1. The van der Waals surface area contributed by atoms with Crippen molar-refractivity contribution in [2.45, 2.75) is 26.6 Å². The van der Waals surface area contributed by atoms with Gasteiger partial charge in [0.2, 0.25) is 6.29 Å². The maximum atomic E-state index is 9.56. The Balaban J connectivity index is 2.29. The van der Waals surface area contributed by atoms with Crippen LogP contribution >= 0.6 is 0 Å². The second kappa shape index (κ2) is 2.63. The fourth-order valence-electron chi connectivity index (χ4n) is 2.15. The average molecular weight is 166 g/mol. The molecule has 1 aliphatic heterocycles. The van der Waals surface area contributed by atoms with Gasteiger partial charge in [0.15, 0.2) is 0 Å². The monoisotopic (exact) mass is 166 g/mol. The van der Waals surface area contributed by atoms with Crippen molar-refractivity contribution in [3.05, 3.63) is 23.5 Å². The van der Waals surface area contributed by atoms with Gasteiger partial charge >= 0.3 is 0 Å². The van der Waals surface area contributed by atoms with E-state index in [0.29, 0.717) is 5.92 Å². The molecule has 2 nitrogen and oxygen atoms in total. The highest BCUT2D eigenvalue weighted by molar-refractivity contribution is 5.23. The van der Waals surface area contributed by atoms with Crippen molar-refractivity contribution in [2.24, 2.45) is 11.8 Å². The van der Waals surface area contributed by atoms with Gasteiger partial charge in [-0.05, 0) is 31.8 Å². The summed E-state index contributed by atoms with van der Waals surface area (Å²) in [7, 11) is 0. The molecule has 12 heavy (non-hydrogen) atoms. The maximum absolute atomic E-state index is 9.56. The van der Waals surface area contributed by atoms with E-state index < -0.39 is 6.29 Å². The Morgan fingerprint density at radius 2 is 2.17 bits per heavy atom. The predicted octanol–water partition coefficient (Wildman–Crippen LogP) is 1.82. The number of allylic oxidation sites excluding steroid dienone is 2. The lowest BCUT2D eigenvalue weighted by Gasteiger charge is -2.31. The molecule has 0 saturated heterocycles. The first-order chi connectivity index (χ1) is 5.70. The van der Waals surface area contributed by atoms with Crippen LogP contribution in [-0.2, 0) is 4.74 Å². The molecule has 0 unspecified atom stereocenters. The molecule has 0 radical (unpaired) electrons. The van der Waals surface area contributed by atoms with Gasteiger partial charge in [-0.3, -0.25) is 0 Å². The number of hydrogen-bond donors (Lipinski definition) is 1. The molecule has 66 valence electrons. The van der Waals surface area contributed by atoms with Gasteiger partial charge in [-0.2, -0.15) is 0 Å². The lowest BCUT2D eigenvalue weighted by Crippen LogP contribution is -2.31. The molecule has 0 aromatic heterocycles. The van der Waals surface area contributed by atoms with Crippen molar-refractivity contribution >= 4 is 0 Å². The third kappa shape index (κ3) is 0.985. The van der Waals surface area contributed by atoms with Crippen molar-refractivity contribution in [3.63, 3.8) is 0 Å². The summed E-state index contributed by atoms with van der Waals surface area (Å²) in [4.78, 5) is 0. The summed E-state index contributed by atoms with van der Waals surface area (Å²) < 4.78 is 5.13. The molecule has 1 N–H and O–H groups in total. The van der Waals surface area contributed by atoms with E-state index in [-0.39, 0.29) is 5.92 Å². The normalized spacial score (nSPS) is 39.8. The molecule has 0 amide bonds. The molecule has 0 bridgehead atoms. The van der Waals surface area contributed by atoms with Crippen molar-refractivity contribution in [3.8, 4) is 0 Å². The largest absolute Gasteiger partial charge is 0.472 e. The molecule has 0 spiro atoms. The quantitative estimate of drug-likeness (QED) is 0.556. The van der Waals surface area contributed by atoms with E-state index in [4.69, 9.17) is 4.74 Å². The summed E-state index contributed by atoms with van der Waals surface area (Å²) >= 11 is 0. The summed E-state index contributed by atoms with van der Waals surface area (Å²) in [5, 5.41) is 9.56. The molecule has 3 atom stereocenters. The summed E-state index contributed by atoms with van der Waals surface area (Å²) in [5.74, 6) is 0.684. The number of aliphatic hydroxyl groups excluding tert-OH is 1. The van der Waals surface area contributed by atoms with Crippen LogP contribution in [0.2, 0.25) is 0 Å². The zero-order chi connectivity index (χ0) is 8.72. The van der Waals surface area contributed by atoms with Gasteiger partial charge < -0.3 is 9.84 Å². The van der Waals surface area contributed by atoms with Gasteiger partial charge in [0.05, 0.1) is 6.26 Å². The van der Waals surface area contributed by atoms with E-state index in [1.165, 1.54) is 11.1 Å². The van der Waals surface area contributed by atoms with Crippen molar-refractivity contribution in [1.82, 2.24) is 0 Å². The van der Waals surface area contributed by atoms with Crippen LogP contribution in [0.1, 0.15) is 20.3 Å². The maximum Gasteiger partial charge on any atom is 0.203 e. The van der Waals surface area contributed by atoms with E-state index in [1.807, 2.05) is 0 Å². The number of rotatable bonds is 0. The SMILES string of the molecule is CC1=CC[C@@H]2C(C)=CO[C@@H](O)[C@H]12. The highest BCUT2D eigenvalue weighted by Gasteiger charge is 2.37. The third-order valence-electron chi connectivity index (χ3n) is 2.94. The van der Waals surface area contributed by atoms with E-state index in [9.17, 15) is 5.11 Å². The van der Waals surface area contributed by atoms with Crippen LogP contribution in [0.15, 0.2) is 23.5 Å². The van der Waals surface area contributed by atoms with E-state index in [0.717, 1.165) is 6.42 Å². The summed E-state index contributed by atoms with van der Waals surface area (Å²) in [5.41, 5.74) is 2.51. The van der Waals surface area contributed by atoms with Crippen LogP contribution in [0.4, 0.5) is 0 Å². The standard InChI is InChI=1S/C10H14O2/c1-6-3-4-8-7(2)5-12-10(11)9(6)8/h3,5,8-11H,4H2,1-2H3/t8-,9-,10-/m1/s1. The minimum atomic E-state index is -0.627. The molecule has 2 rings (SSSR count). The first-order valence-corrected chi connectivity index (χ1v) is 4.37. The van der Waals surface area contributed by atoms with Crippen LogP contribution in [0.3, 0.4) is 0 Å². The Morgan fingerprint density at radius 1 is 1.42 bits per heavy atom. The lowest BCUT2D eigenvalue weighted by molar-refractivity contribution is -0.102. The van der Waals surface area contributed by atoms with Gasteiger partial charge in [-0.1, -0.05) is 11.6 Å². The molecular formula is C10H14O2. The third-order valence-corrected chi connectivity index (χ3v) is 2.94. The predicted molar refractivity (Wildman–Crippen MR) is 46.2 cm³/mol. The molecule has 0 aromatic rings. The Bertz CT molecular complexity index is 253. The van der Waals surface area contributed by atoms with Crippen LogP contribution < -0.4 is 0 Å². The Hall–Kier alpha value is -0.760. The number of hydrogen-bond acceptors (Lipinski definition) is 2. The van der Waals surface area contributed by atoms with Crippen molar-refractivity contribution in [2.75, 3.05) is 0 Å². The van der Waals surface area contributed by atoms with Crippen molar-refractivity contribution in [1.29, 1.82) is 0 Å². The number of fused-ring (bicyclic) bond motifs is 1. The van der Waals surface area contributed by atoms with Crippen LogP contribution in [0.5, 0.6) is 0 Å². The highest BCUT2D eigenvalue weighted by Crippen LogP contribution is 2.41. The van der Waals surface area contributed by atoms with Gasteiger partial charge in [0.25, 0.3) is 0 Å². The minimum absolute atomic E-state index is 0.204. The summed E-state index contributed by atoms with van der Waals surface area (Å²) in [6.07, 6.45) is 4.32. The first kappa shape index (κ1) is 7.87. The van der Waals surface area contributed by atoms with Crippen LogP contribution in [0, 0.1) is 11.8 Å². The molecule has 2 aliphatic rings. The second-order valence-electron chi connectivity index (χ2n) is 3.70. The highest BCUT2D eigenvalue weighted by atomic mass is 16.6. The first-order valence-electron chi connectivity index (χ1n) is 4.37. The molecule has 0 fully saturated rings. The zero-order valence-electron chi connectivity index (χ0n) is 7.45. The van der Waals surface area contributed by atoms with Crippen LogP contribution in [0.25, 0.3) is 0 Å². The molecule has 1 heterocycles. The minimum Gasteiger partial charge on any atom is -0.472 e. The van der Waals surface area contributed by atoms with E-state index >= 15 is 0 Å². The smallest absolute Gasteiger partial charge is 0.203 e. The fraction of sp³-hybridized carbons (Fsp3) is 0.600.